The highest BCUT2D eigenvalue weighted by Gasteiger charge is 2.31. The third kappa shape index (κ3) is 3.81. The van der Waals surface area contributed by atoms with Crippen molar-refractivity contribution in [3.63, 3.8) is 0 Å². The summed E-state index contributed by atoms with van der Waals surface area (Å²) in [6.45, 7) is 0.412. The van der Waals surface area contributed by atoms with E-state index in [0.29, 0.717) is 18.7 Å². The first-order chi connectivity index (χ1) is 12.4. The monoisotopic (exact) mass is 381 g/mol. The molecule has 1 aromatic carbocycles. The van der Waals surface area contributed by atoms with Gasteiger partial charge in [-0.15, -0.1) is 0 Å². The number of carboxylic acid groups (broad SMARTS) is 1. The SMILES string of the molecule is O=C(O)c1cc(S(=O)(=O)N2CCC(Oc3ccncn3)CC2)ccc1F. The maximum absolute atomic E-state index is 13.5. The van der Waals surface area contributed by atoms with Crippen molar-refractivity contribution in [1.82, 2.24) is 14.3 Å². The van der Waals surface area contributed by atoms with Gasteiger partial charge in [-0.3, -0.25) is 0 Å². The molecule has 138 valence electrons. The predicted molar refractivity (Wildman–Crippen MR) is 87.8 cm³/mol. The summed E-state index contributed by atoms with van der Waals surface area (Å²) in [5, 5.41) is 8.97. The summed E-state index contributed by atoms with van der Waals surface area (Å²) in [5.41, 5.74) is -0.673. The van der Waals surface area contributed by atoms with Crippen molar-refractivity contribution in [2.24, 2.45) is 0 Å². The molecule has 0 atom stereocenters. The number of carbonyl (C=O) groups is 1. The van der Waals surface area contributed by atoms with Gasteiger partial charge in [0.25, 0.3) is 0 Å². The average molecular weight is 381 g/mol. The summed E-state index contributed by atoms with van der Waals surface area (Å²) in [6.07, 6.45) is 3.64. The number of rotatable bonds is 5. The number of aromatic nitrogens is 2. The van der Waals surface area contributed by atoms with Crippen LogP contribution in [0, 0.1) is 5.82 Å². The van der Waals surface area contributed by atoms with E-state index in [9.17, 15) is 17.6 Å². The Kier molecular flexibility index (Phi) is 5.14. The van der Waals surface area contributed by atoms with Gasteiger partial charge in [-0.2, -0.15) is 4.31 Å². The van der Waals surface area contributed by atoms with Crippen LogP contribution in [0.2, 0.25) is 0 Å². The van der Waals surface area contributed by atoms with Crippen LogP contribution in [0.25, 0.3) is 0 Å². The number of benzene rings is 1. The van der Waals surface area contributed by atoms with Gasteiger partial charge in [-0.05, 0) is 31.0 Å². The van der Waals surface area contributed by atoms with Gasteiger partial charge in [0.05, 0.1) is 10.5 Å². The van der Waals surface area contributed by atoms with E-state index in [1.807, 2.05) is 0 Å². The zero-order chi connectivity index (χ0) is 18.7. The fourth-order valence-electron chi connectivity index (χ4n) is 2.69. The van der Waals surface area contributed by atoms with Gasteiger partial charge in [-0.1, -0.05) is 0 Å². The lowest BCUT2D eigenvalue weighted by molar-refractivity contribution is 0.0691. The van der Waals surface area contributed by atoms with Crippen LogP contribution >= 0.6 is 0 Å². The minimum Gasteiger partial charge on any atom is -0.478 e. The van der Waals surface area contributed by atoms with Crippen LogP contribution in [-0.2, 0) is 10.0 Å². The Morgan fingerprint density at radius 3 is 2.62 bits per heavy atom. The predicted octanol–water partition coefficient (Wildman–Crippen LogP) is 1.55. The Bertz CT molecular complexity index is 899. The Morgan fingerprint density at radius 2 is 2.00 bits per heavy atom. The number of hydrogen-bond acceptors (Lipinski definition) is 6. The van der Waals surface area contributed by atoms with E-state index in [4.69, 9.17) is 9.84 Å². The molecule has 26 heavy (non-hydrogen) atoms. The Balaban J connectivity index is 1.70. The average Bonchev–Trinajstić information content (AvgIpc) is 2.63. The van der Waals surface area contributed by atoms with Crippen molar-refractivity contribution in [1.29, 1.82) is 0 Å². The van der Waals surface area contributed by atoms with Crippen molar-refractivity contribution in [3.05, 3.63) is 48.2 Å². The van der Waals surface area contributed by atoms with Gasteiger partial charge in [0, 0.05) is 25.4 Å². The molecule has 0 unspecified atom stereocenters. The van der Waals surface area contributed by atoms with Gasteiger partial charge >= 0.3 is 5.97 Å². The van der Waals surface area contributed by atoms with Crippen molar-refractivity contribution in [3.8, 4) is 5.88 Å². The molecular formula is C16H16FN3O5S. The van der Waals surface area contributed by atoms with E-state index in [0.717, 1.165) is 18.2 Å². The van der Waals surface area contributed by atoms with Gasteiger partial charge in [0.15, 0.2) is 0 Å². The van der Waals surface area contributed by atoms with Crippen LogP contribution in [-0.4, -0.2) is 53.0 Å². The third-order valence-corrected chi connectivity index (χ3v) is 5.94. The molecule has 0 amide bonds. The normalized spacial score (nSPS) is 16.3. The first kappa shape index (κ1) is 18.2. The second-order valence-electron chi connectivity index (χ2n) is 5.72. The number of halogens is 1. The van der Waals surface area contributed by atoms with Crippen molar-refractivity contribution in [2.75, 3.05) is 13.1 Å². The lowest BCUT2D eigenvalue weighted by atomic mass is 10.1. The zero-order valence-corrected chi connectivity index (χ0v) is 14.4. The molecule has 1 saturated heterocycles. The van der Waals surface area contributed by atoms with E-state index in [1.54, 1.807) is 12.3 Å². The zero-order valence-electron chi connectivity index (χ0n) is 13.6. The molecule has 1 fully saturated rings. The van der Waals surface area contributed by atoms with E-state index in [-0.39, 0.29) is 24.1 Å². The molecule has 0 saturated carbocycles. The third-order valence-electron chi connectivity index (χ3n) is 4.05. The van der Waals surface area contributed by atoms with E-state index >= 15 is 0 Å². The molecule has 3 rings (SSSR count). The maximum atomic E-state index is 13.5. The summed E-state index contributed by atoms with van der Waals surface area (Å²) in [4.78, 5) is 18.5. The first-order valence-corrected chi connectivity index (χ1v) is 9.27. The maximum Gasteiger partial charge on any atom is 0.338 e. The highest BCUT2D eigenvalue weighted by molar-refractivity contribution is 7.89. The summed E-state index contributed by atoms with van der Waals surface area (Å²) >= 11 is 0. The molecule has 1 aliphatic heterocycles. The molecule has 0 aliphatic carbocycles. The highest BCUT2D eigenvalue weighted by Crippen LogP contribution is 2.24. The molecule has 10 heteroatoms. The second kappa shape index (κ2) is 7.34. The van der Waals surface area contributed by atoms with Crippen LogP contribution in [0.5, 0.6) is 5.88 Å². The minimum atomic E-state index is -3.91. The van der Waals surface area contributed by atoms with Crippen LogP contribution < -0.4 is 4.74 Å². The molecule has 0 bridgehead atoms. The Labute approximate surface area is 149 Å². The molecule has 2 aromatic rings. The summed E-state index contributed by atoms with van der Waals surface area (Å²) < 4.78 is 45.8. The molecule has 0 spiro atoms. The van der Waals surface area contributed by atoms with Crippen LogP contribution in [0.15, 0.2) is 41.7 Å². The molecule has 2 heterocycles. The van der Waals surface area contributed by atoms with Crippen molar-refractivity contribution in [2.45, 2.75) is 23.8 Å². The molecule has 1 N–H and O–H groups in total. The van der Waals surface area contributed by atoms with Crippen molar-refractivity contribution < 1.29 is 27.4 Å². The number of hydrogen-bond donors (Lipinski definition) is 1. The molecule has 0 radical (unpaired) electrons. The summed E-state index contributed by atoms with van der Waals surface area (Å²) in [5.74, 6) is -2.07. The minimum absolute atomic E-state index is 0.181. The van der Waals surface area contributed by atoms with Crippen LogP contribution in [0.1, 0.15) is 23.2 Å². The van der Waals surface area contributed by atoms with Crippen molar-refractivity contribution >= 4 is 16.0 Å². The number of carboxylic acids is 1. The van der Waals surface area contributed by atoms with Gasteiger partial charge in [0.2, 0.25) is 15.9 Å². The number of sulfonamides is 1. The van der Waals surface area contributed by atoms with Gasteiger partial charge < -0.3 is 9.84 Å². The van der Waals surface area contributed by atoms with E-state index < -0.39 is 27.4 Å². The molecule has 1 aliphatic rings. The lowest BCUT2D eigenvalue weighted by Gasteiger charge is -2.31. The largest absolute Gasteiger partial charge is 0.478 e. The standard InChI is InChI=1S/C16H16FN3O5S/c17-14-2-1-12(9-13(14)16(21)22)26(23,24)20-7-4-11(5-8-20)25-15-3-6-18-10-19-15/h1-3,6,9-11H,4-5,7-8H2,(H,21,22). The van der Waals surface area contributed by atoms with Crippen LogP contribution in [0.3, 0.4) is 0 Å². The quantitative estimate of drug-likeness (QED) is 0.837. The first-order valence-electron chi connectivity index (χ1n) is 7.83. The molecular weight excluding hydrogens is 365 g/mol. The highest BCUT2D eigenvalue weighted by atomic mass is 32.2. The van der Waals surface area contributed by atoms with Crippen LogP contribution in [0.4, 0.5) is 4.39 Å². The number of ether oxygens (including phenoxy) is 1. The fraction of sp³-hybridized carbons (Fsp3) is 0.312. The summed E-state index contributed by atoms with van der Waals surface area (Å²) in [6, 6.07) is 4.38. The number of piperidine rings is 1. The van der Waals surface area contributed by atoms with E-state index in [1.165, 1.54) is 10.6 Å². The Hall–Kier alpha value is -2.59. The molecule has 1 aromatic heterocycles. The molecule has 8 nitrogen and oxygen atoms in total. The fourth-order valence-corrected chi connectivity index (χ4v) is 4.18. The second-order valence-corrected chi connectivity index (χ2v) is 7.65. The number of nitrogens with zero attached hydrogens (tertiary/aromatic N) is 3. The smallest absolute Gasteiger partial charge is 0.338 e. The van der Waals surface area contributed by atoms with Gasteiger partial charge in [0.1, 0.15) is 18.2 Å². The Morgan fingerprint density at radius 1 is 1.27 bits per heavy atom. The van der Waals surface area contributed by atoms with E-state index in [2.05, 4.69) is 9.97 Å². The summed E-state index contributed by atoms with van der Waals surface area (Å²) in [7, 11) is -3.91. The number of aromatic carboxylic acids is 1. The topological polar surface area (TPSA) is 110 Å². The lowest BCUT2D eigenvalue weighted by Crippen LogP contribution is -2.41. The van der Waals surface area contributed by atoms with Gasteiger partial charge in [-0.25, -0.2) is 27.6 Å².